The Balaban J connectivity index is 0.00000306. The molecule has 0 spiro atoms. The number of carbonyl (C=O) groups is 1. The summed E-state index contributed by atoms with van der Waals surface area (Å²) >= 11 is 0. The Hall–Kier alpha value is -1.08. The zero-order valence-electron chi connectivity index (χ0n) is 36.8. The van der Waals surface area contributed by atoms with Gasteiger partial charge >= 0.3 is 0 Å². The van der Waals surface area contributed by atoms with E-state index in [1.165, 1.54) is 0 Å². The molecule has 0 bridgehead atoms. The average molecular weight is 907 g/mol. The van der Waals surface area contributed by atoms with Gasteiger partial charge in [0.15, 0.2) is 33.3 Å². The summed E-state index contributed by atoms with van der Waals surface area (Å²) in [5.41, 5.74) is -0.820. The third kappa shape index (κ3) is 17.3. The Morgan fingerprint density at radius 2 is 1.21 bits per heavy atom. The maximum absolute atomic E-state index is 11.6. The molecule has 0 radical (unpaired) electrons. The Morgan fingerprint density at radius 3 is 1.75 bits per heavy atom. The highest BCUT2D eigenvalue weighted by Gasteiger charge is 2.55. The van der Waals surface area contributed by atoms with Crippen molar-refractivity contribution in [3.05, 3.63) is 12.7 Å². The van der Waals surface area contributed by atoms with E-state index >= 15 is 0 Å². The van der Waals surface area contributed by atoms with Gasteiger partial charge in [0.2, 0.25) is 0 Å². The second-order valence-electron chi connectivity index (χ2n) is 17.9. The van der Waals surface area contributed by atoms with E-state index in [0.717, 1.165) is 12.8 Å². The summed E-state index contributed by atoms with van der Waals surface area (Å²) in [7, 11) is -1.45. The standard InChI is InChI=1S/C37H67O19P.C3H8O/c1-9-35(2,3)18-48-16-22-23(41)25(43)26(44)33(54-22)56-31-28(46)34(53-21(15-39)29(31)50-19-40)55-30-24(42)20(14-38)52-32(27(30)45)49-12-10-36(4,5)17-37(6,7)11-13-51-57(8)47;1-2-3-4/h9,19-34,38-39,41-47H,1,10-18H2,2-8H3;4H,2-3H2,1H3. The summed E-state index contributed by atoms with van der Waals surface area (Å²) in [5, 5.41) is 94.3. The van der Waals surface area contributed by atoms with Gasteiger partial charge in [0, 0.05) is 18.7 Å². The molecule has 61 heavy (non-hydrogen) atoms. The molecule has 21 heteroatoms. The van der Waals surface area contributed by atoms with E-state index in [1.54, 1.807) is 12.7 Å². The van der Waals surface area contributed by atoms with Crippen molar-refractivity contribution >= 4 is 14.8 Å². The predicted molar refractivity (Wildman–Crippen MR) is 217 cm³/mol. The lowest BCUT2D eigenvalue weighted by atomic mass is 9.72. The Kier molecular flexibility index (Phi) is 24.0. The van der Waals surface area contributed by atoms with E-state index in [0.29, 0.717) is 26.1 Å². The predicted octanol–water partition coefficient (Wildman–Crippen LogP) is -0.569. The highest BCUT2D eigenvalue weighted by Crippen LogP contribution is 2.40. The van der Waals surface area contributed by atoms with Crippen LogP contribution in [0.25, 0.3) is 0 Å². The van der Waals surface area contributed by atoms with Crippen molar-refractivity contribution < 1.29 is 98.1 Å². The number of hydrogen-bond donors (Lipinski definition) is 10. The normalized spacial score (nSPS) is 35.5. The van der Waals surface area contributed by atoms with Crippen LogP contribution in [-0.2, 0) is 47.2 Å². The zero-order valence-corrected chi connectivity index (χ0v) is 37.7. The van der Waals surface area contributed by atoms with Gasteiger partial charge in [-0.3, -0.25) is 4.79 Å². The molecule has 16 unspecified atom stereocenters. The Labute approximate surface area is 360 Å². The number of rotatable bonds is 24. The van der Waals surface area contributed by atoms with Crippen LogP contribution in [0.15, 0.2) is 12.7 Å². The molecule has 0 aromatic heterocycles. The molecule has 16 atom stereocenters. The van der Waals surface area contributed by atoms with Crippen LogP contribution < -0.4 is 0 Å². The second-order valence-corrected chi connectivity index (χ2v) is 19.1. The van der Waals surface area contributed by atoms with Crippen LogP contribution in [0.4, 0.5) is 0 Å². The van der Waals surface area contributed by atoms with Crippen molar-refractivity contribution in [1.29, 1.82) is 0 Å². The molecule has 0 amide bonds. The lowest BCUT2D eigenvalue weighted by Crippen LogP contribution is -2.67. The Bertz CT molecular complexity index is 1240. The summed E-state index contributed by atoms with van der Waals surface area (Å²) in [6, 6.07) is 0. The maximum Gasteiger partial charge on any atom is 0.293 e. The lowest BCUT2D eigenvalue weighted by Gasteiger charge is -2.48. The lowest BCUT2D eigenvalue weighted by molar-refractivity contribution is -0.381. The molecule has 20 nitrogen and oxygen atoms in total. The minimum atomic E-state index is -1.94. The first-order valence-electron chi connectivity index (χ1n) is 20.7. The highest BCUT2D eigenvalue weighted by atomic mass is 31.2. The van der Waals surface area contributed by atoms with Crippen molar-refractivity contribution in [2.24, 2.45) is 16.2 Å². The van der Waals surface area contributed by atoms with Crippen LogP contribution >= 0.6 is 8.38 Å². The van der Waals surface area contributed by atoms with Crippen molar-refractivity contribution in [3.8, 4) is 0 Å². The van der Waals surface area contributed by atoms with Crippen molar-refractivity contribution in [2.45, 2.75) is 166 Å². The molecule has 0 aliphatic carbocycles. The number of hydrogen-bond acceptors (Lipinski definition) is 20. The first kappa shape index (κ1) is 56.1. The second kappa shape index (κ2) is 26.2. The molecule has 0 aromatic rings. The average Bonchev–Trinajstić information content (AvgIpc) is 3.19. The number of ether oxygens (including phenoxy) is 8. The molecule has 3 aliphatic heterocycles. The van der Waals surface area contributed by atoms with Gasteiger partial charge in [-0.1, -0.05) is 54.5 Å². The molecule has 360 valence electrons. The Morgan fingerprint density at radius 1 is 0.689 bits per heavy atom. The van der Waals surface area contributed by atoms with Crippen LogP contribution in [0.2, 0.25) is 0 Å². The van der Waals surface area contributed by atoms with E-state index in [1.807, 2.05) is 20.8 Å². The van der Waals surface area contributed by atoms with Crippen LogP contribution in [0.5, 0.6) is 0 Å². The minimum absolute atomic E-state index is 0.0184. The van der Waals surface area contributed by atoms with Gasteiger partial charge in [-0.05, 0) is 36.5 Å². The van der Waals surface area contributed by atoms with Crippen LogP contribution in [0.1, 0.15) is 74.1 Å². The fourth-order valence-electron chi connectivity index (χ4n) is 7.24. The first-order valence-corrected chi connectivity index (χ1v) is 22.3. The molecule has 0 aromatic carbocycles. The SMILES string of the molecule is C=CC(C)(C)COCC1OC(OC2C(O)C(OC3C(O)C(CO)OC(OCCC(C)(C)CC(C)(C)CCOP(C)O)C3O)OC(CO)C2OC=O)C(O)C(O)C1O.CCCO. The smallest absolute Gasteiger partial charge is 0.293 e. The zero-order chi connectivity index (χ0) is 46.3. The van der Waals surface area contributed by atoms with Gasteiger partial charge in [0.1, 0.15) is 67.1 Å². The molecular weight excluding hydrogens is 831 g/mol. The molecule has 3 saturated heterocycles. The van der Waals surface area contributed by atoms with Crippen molar-refractivity contribution in [1.82, 2.24) is 0 Å². The third-order valence-electron chi connectivity index (χ3n) is 10.7. The van der Waals surface area contributed by atoms with E-state index in [4.69, 9.17) is 47.5 Å². The van der Waals surface area contributed by atoms with Crippen molar-refractivity contribution in [3.63, 3.8) is 0 Å². The number of aliphatic hydroxyl groups excluding tert-OH is 9. The van der Waals surface area contributed by atoms with E-state index in [9.17, 15) is 50.5 Å². The van der Waals surface area contributed by atoms with Crippen LogP contribution in [-0.4, -0.2) is 202 Å². The van der Waals surface area contributed by atoms with E-state index in [2.05, 4.69) is 34.3 Å². The molecule has 0 saturated carbocycles. The molecule has 3 heterocycles. The summed E-state index contributed by atoms with van der Waals surface area (Å²) in [4.78, 5) is 21.0. The van der Waals surface area contributed by atoms with Crippen molar-refractivity contribution in [2.75, 3.05) is 52.9 Å². The summed E-state index contributed by atoms with van der Waals surface area (Å²) < 4.78 is 51.1. The third-order valence-corrected chi connectivity index (χ3v) is 11.2. The summed E-state index contributed by atoms with van der Waals surface area (Å²) in [5.74, 6) is 0. The van der Waals surface area contributed by atoms with E-state index < -0.39 is 119 Å². The minimum Gasteiger partial charge on any atom is -0.459 e. The van der Waals surface area contributed by atoms with Gasteiger partial charge in [-0.25, -0.2) is 0 Å². The topological polar surface area (TPSA) is 302 Å². The summed E-state index contributed by atoms with van der Waals surface area (Å²) in [6.07, 6.45) is -19.9. The monoisotopic (exact) mass is 906 g/mol. The number of carbonyl (C=O) groups excluding carboxylic acids is 1. The largest absolute Gasteiger partial charge is 0.459 e. The van der Waals surface area contributed by atoms with Crippen LogP contribution in [0.3, 0.4) is 0 Å². The molecule has 10 N–H and O–H groups in total. The first-order chi connectivity index (χ1) is 28.5. The fourth-order valence-corrected chi connectivity index (χ4v) is 7.60. The van der Waals surface area contributed by atoms with Gasteiger partial charge < -0.3 is 93.3 Å². The maximum atomic E-state index is 11.6. The quantitative estimate of drug-likeness (QED) is 0.0330. The number of aliphatic hydroxyl groups is 9. The van der Waals surface area contributed by atoms with Gasteiger partial charge in [0.05, 0.1) is 39.6 Å². The molecule has 3 fully saturated rings. The molecule has 3 aliphatic rings. The van der Waals surface area contributed by atoms with Gasteiger partial charge in [-0.2, -0.15) is 0 Å². The van der Waals surface area contributed by atoms with Gasteiger partial charge in [-0.15, -0.1) is 6.58 Å². The van der Waals surface area contributed by atoms with E-state index in [-0.39, 0.29) is 37.1 Å². The highest BCUT2D eigenvalue weighted by molar-refractivity contribution is 7.45. The fraction of sp³-hybridized carbons (Fsp3) is 0.925. The van der Waals surface area contributed by atoms with Crippen LogP contribution in [0, 0.1) is 16.2 Å². The molecular formula is C40H75O20P. The molecule has 3 rings (SSSR count). The van der Waals surface area contributed by atoms with Gasteiger partial charge in [0.25, 0.3) is 6.47 Å². The summed E-state index contributed by atoms with van der Waals surface area (Å²) in [6.45, 7) is 18.6.